The van der Waals surface area contributed by atoms with Gasteiger partial charge in [-0.15, -0.1) is 0 Å². The van der Waals surface area contributed by atoms with Crippen molar-refractivity contribution < 1.29 is 13.2 Å². The van der Waals surface area contributed by atoms with Crippen LogP contribution in [-0.2, 0) is 14.6 Å². The summed E-state index contributed by atoms with van der Waals surface area (Å²) in [4.78, 5) is 0. The summed E-state index contributed by atoms with van der Waals surface area (Å²) in [6.45, 7) is 6.73. The van der Waals surface area contributed by atoms with Crippen LogP contribution in [0.2, 0.25) is 0 Å². The monoisotopic (exact) mass is 293 g/mol. The van der Waals surface area contributed by atoms with E-state index >= 15 is 0 Å². The second-order valence-electron chi connectivity index (χ2n) is 5.51. The Hall–Kier alpha value is -0.130. The van der Waals surface area contributed by atoms with Gasteiger partial charge in [-0.2, -0.15) is 0 Å². The first-order chi connectivity index (χ1) is 8.89. The van der Waals surface area contributed by atoms with E-state index in [9.17, 15) is 8.42 Å². The molecule has 0 aromatic rings. The molecule has 1 N–H and O–H groups in total. The summed E-state index contributed by atoms with van der Waals surface area (Å²) >= 11 is 0. The number of hydrogen-bond donors (Lipinski definition) is 1. The summed E-state index contributed by atoms with van der Waals surface area (Å²) in [5, 5.41) is 3.40. The molecule has 0 bridgehead atoms. The molecule has 116 valence electrons. The molecule has 0 aromatic heterocycles. The molecule has 0 heterocycles. The number of ether oxygens (including phenoxy) is 1. The number of hydrogen-bond acceptors (Lipinski definition) is 4. The van der Waals surface area contributed by atoms with Gasteiger partial charge in [-0.05, 0) is 24.7 Å². The lowest BCUT2D eigenvalue weighted by Crippen LogP contribution is -2.37. The molecule has 0 saturated heterocycles. The first-order valence-corrected chi connectivity index (χ1v) is 9.32. The molecule has 0 aromatic carbocycles. The molecule has 0 saturated carbocycles. The molecule has 0 rings (SSSR count). The maximum atomic E-state index is 11.4. The summed E-state index contributed by atoms with van der Waals surface area (Å²) in [5.41, 5.74) is 0.104. The Morgan fingerprint density at radius 1 is 1.21 bits per heavy atom. The molecular formula is C14H31NO3S. The highest BCUT2D eigenvalue weighted by atomic mass is 32.2. The van der Waals surface area contributed by atoms with Crippen LogP contribution in [0.1, 0.15) is 46.0 Å². The van der Waals surface area contributed by atoms with Crippen LogP contribution in [0.25, 0.3) is 0 Å². The van der Waals surface area contributed by atoms with Gasteiger partial charge in [0.25, 0.3) is 0 Å². The van der Waals surface area contributed by atoms with Gasteiger partial charge in [0.2, 0.25) is 0 Å². The van der Waals surface area contributed by atoms with Gasteiger partial charge in [0.1, 0.15) is 9.84 Å². The highest BCUT2D eigenvalue weighted by Gasteiger charge is 2.28. The third-order valence-electron chi connectivity index (χ3n) is 3.80. The lowest BCUT2D eigenvalue weighted by molar-refractivity contribution is 0.180. The fourth-order valence-electron chi connectivity index (χ4n) is 2.26. The second kappa shape index (κ2) is 9.72. The summed E-state index contributed by atoms with van der Waals surface area (Å²) in [6.07, 6.45) is 6.49. The summed E-state index contributed by atoms with van der Waals surface area (Å²) in [7, 11) is -1.19. The molecule has 1 atom stereocenters. The predicted octanol–water partition coefficient (Wildman–Crippen LogP) is 2.24. The Bertz CT molecular complexity index is 317. The fraction of sp³-hybridized carbons (Fsp3) is 1.00. The normalized spacial score (nSPS) is 15.4. The van der Waals surface area contributed by atoms with Gasteiger partial charge >= 0.3 is 0 Å². The zero-order valence-corrected chi connectivity index (χ0v) is 13.8. The van der Waals surface area contributed by atoms with Crippen LogP contribution < -0.4 is 5.32 Å². The zero-order chi connectivity index (χ0) is 14.8. The number of nitrogens with one attached hydrogen (secondary N) is 1. The zero-order valence-electron chi connectivity index (χ0n) is 13.0. The maximum absolute atomic E-state index is 11.4. The second-order valence-corrected chi connectivity index (χ2v) is 7.77. The molecule has 5 heteroatoms. The smallest absolute Gasteiger partial charge is 0.147 e. The van der Waals surface area contributed by atoms with E-state index in [0.29, 0.717) is 6.61 Å². The third kappa shape index (κ3) is 9.41. The van der Waals surface area contributed by atoms with Crippen molar-refractivity contribution in [3.63, 3.8) is 0 Å². The Morgan fingerprint density at radius 3 is 2.37 bits per heavy atom. The van der Waals surface area contributed by atoms with E-state index in [1.165, 1.54) is 6.26 Å². The minimum Gasteiger partial charge on any atom is -0.383 e. The van der Waals surface area contributed by atoms with Crippen molar-refractivity contribution in [2.75, 3.05) is 38.8 Å². The Labute approximate surface area is 119 Å². The van der Waals surface area contributed by atoms with Crippen LogP contribution in [0, 0.1) is 5.41 Å². The van der Waals surface area contributed by atoms with Gasteiger partial charge in [0.05, 0.1) is 12.4 Å². The standard InChI is InChI=1S/C14H31NO3S/c1-5-7-8-14(6-2,9-12-19(4,16)17)13-15-10-11-18-3/h15H,5-13H2,1-4H3. The van der Waals surface area contributed by atoms with Gasteiger partial charge in [0.15, 0.2) is 0 Å². The molecule has 0 fully saturated rings. The molecule has 1 unspecified atom stereocenters. The molecule has 0 amide bonds. The molecule has 0 spiro atoms. The fourth-order valence-corrected chi connectivity index (χ4v) is 3.07. The van der Waals surface area contributed by atoms with E-state index in [-0.39, 0.29) is 11.2 Å². The topological polar surface area (TPSA) is 55.4 Å². The lowest BCUT2D eigenvalue weighted by atomic mass is 9.77. The Kier molecular flexibility index (Phi) is 9.66. The van der Waals surface area contributed by atoms with Gasteiger partial charge in [-0.3, -0.25) is 0 Å². The molecule has 0 aliphatic rings. The van der Waals surface area contributed by atoms with Crippen LogP contribution >= 0.6 is 0 Å². The van der Waals surface area contributed by atoms with E-state index in [1.807, 2.05) is 0 Å². The van der Waals surface area contributed by atoms with Crippen LogP contribution in [0.4, 0.5) is 0 Å². The Morgan fingerprint density at radius 2 is 1.89 bits per heavy atom. The number of methoxy groups -OCH3 is 1. The molecule has 0 radical (unpaired) electrons. The largest absolute Gasteiger partial charge is 0.383 e. The van der Waals surface area contributed by atoms with Crippen LogP contribution in [0.3, 0.4) is 0 Å². The lowest BCUT2D eigenvalue weighted by Gasteiger charge is -2.33. The molecular weight excluding hydrogens is 262 g/mol. The van der Waals surface area contributed by atoms with Crippen molar-refractivity contribution in [1.29, 1.82) is 0 Å². The summed E-state index contributed by atoms with van der Waals surface area (Å²) < 4.78 is 27.8. The van der Waals surface area contributed by atoms with Crippen molar-refractivity contribution in [2.45, 2.75) is 46.0 Å². The van der Waals surface area contributed by atoms with Gasteiger partial charge in [-0.25, -0.2) is 8.42 Å². The first kappa shape index (κ1) is 18.9. The van der Waals surface area contributed by atoms with Crippen molar-refractivity contribution >= 4 is 9.84 Å². The van der Waals surface area contributed by atoms with E-state index in [2.05, 4.69) is 19.2 Å². The van der Waals surface area contributed by atoms with E-state index < -0.39 is 9.84 Å². The van der Waals surface area contributed by atoms with Crippen LogP contribution in [0.15, 0.2) is 0 Å². The number of sulfone groups is 1. The Balaban J connectivity index is 4.48. The average molecular weight is 293 g/mol. The number of unbranched alkanes of at least 4 members (excludes halogenated alkanes) is 1. The maximum Gasteiger partial charge on any atom is 0.147 e. The van der Waals surface area contributed by atoms with Gasteiger partial charge in [0, 0.05) is 26.5 Å². The summed E-state index contributed by atoms with van der Waals surface area (Å²) in [5.74, 6) is 0.288. The van der Waals surface area contributed by atoms with Crippen molar-refractivity contribution in [3.8, 4) is 0 Å². The molecule has 19 heavy (non-hydrogen) atoms. The SMILES string of the molecule is CCCCC(CC)(CCS(C)(=O)=O)CNCCOC. The average Bonchev–Trinajstić information content (AvgIpc) is 2.36. The minimum absolute atomic E-state index is 0.104. The molecule has 0 aliphatic heterocycles. The predicted molar refractivity (Wildman–Crippen MR) is 81.3 cm³/mol. The van der Waals surface area contributed by atoms with E-state index in [4.69, 9.17) is 4.74 Å². The minimum atomic E-state index is -2.88. The van der Waals surface area contributed by atoms with Crippen molar-refractivity contribution in [1.82, 2.24) is 5.32 Å². The van der Waals surface area contributed by atoms with Crippen molar-refractivity contribution in [2.24, 2.45) is 5.41 Å². The summed E-state index contributed by atoms with van der Waals surface area (Å²) in [6, 6.07) is 0. The molecule has 0 aliphatic carbocycles. The highest BCUT2D eigenvalue weighted by Crippen LogP contribution is 2.32. The van der Waals surface area contributed by atoms with Gasteiger partial charge in [-0.1, -0.05) is 26.7 Å². The quantitative estimate of drug-likeness (QED) is 0.561. The first-order valence-electron chi connectivity index (χ1n) is 7.26. The van der Waals surface area contributed by atoms with E-state index in [1.54, 1.807) is 7.11 Å². The highest BCUT2D eigenvalue weighted by molar-refractivity contribution is 7.90. The number of rotatable bonds is 12. The molecule has 4 nitrogen and oxygen atoms in total. The van der Waals surface area contributed by atoms with Gasteiger partial charge < -0.3 is 10.1 Å². The van der Waals surface area contributed by atoms with Crippen LogP contribution in [0.5, 0.6) is 0 Å². The van der Waals surface area contributed by atoms with E-state index in [0.717, 1.165) is 45.2 Å². The van der Waals surface area contributed by atoms with Crippen molar-refractivity contribution in [3.05, 3.63) is 0 Å². The third-order valence-corrected chi connectivity index (χ3v) is 4.74. The van der Waals surface area contributed by atoms with Crippen LogP contribution in [-0.4, -0.2) is 47.2 Å².